The van der Waals surface area contributed by atoms with Crippen molar-refractivity contribution in [3.05, 3.63) is 95.6 Å². The number of carbonyl (C=O) groups is 3. The summed E-state index contributed by atoms with van der Waals surface area (Å²) in [5.74, 6) is -0.0286. The number of carbonyl (C=O) groups excluding carboxylic acids is 3. The topological polar surface area (TPSA) is 144 Å². The van der Waals surface area contributed by atoms with Crippen LogP contribution in [0, 0.1) is 0 Å². The molecule has 306 valence electrons. The Morgan fingerprint density at radius 3 is 2.14 bits per heavy atom. The van der Waals surface area contributed by atoms with E-state index >= 15 is 0 Å². The molecule has 2 amide bonds. The van der Waals surface area contributed by atoms with Crippen molar-refractivity contribution in [3.63, 3.8) is 0 Å². The van der Waals surface area contributed by atoms with Gasteiger partial charge in [0.25, 0.3) is 5.91 Å². The van der Waals surface area contributed by atoms with E-state index in [9.17, 15) is 14.4 Å². The number of hydrogen-bond donors (Lipinski definition) is 3. The number of unbranched alkanes of at least 4 members (excludes halogenated alkanes) is 9. The van der Waals surface area contributed by atoms with Gasteiger partial charge in [0.05, 0.1) is 30.3 Å². The van der Waals surface area contributed by atoms with Crippen molar-refractivity contribution in [2.75, 3.05) is 26.8 Å². The summed E-state index contributed by atoms with van der Waals surface area (Å²) in [6.45, 7) is 4.19. The first kappa shape index (κ1) is 42.1. The van der Waals surface area contributed by atoms with Crippen LogP contribution < -0.4 is 10.6 Å². The SMILES string of the molecule is CCCCCCCCCCCCNC(=O)c1ccc(-c2nc(-c3ccc(C4=NOC(C(=O)OC)C4)cc3)c(-c3ccc(C=CC(=O)NCC4CCCO4)cc3)[nH]2)cc1. The fourth-order valence-corrected chi connectivity index (χ4v) is 7.26. The Bertz CT molecular complexity index is 2000. The number of nitrogens with zero attached hydrogens (tertiary/aromatic N) is 2. The van der Waals surface area contributed by atoms with Gasteiger partial charge in [-0.1, -0.05) is 131 Å². The summed E-state index contributed by atoms with van der Waals surface area (Å²) in [5, 5.41) is 10.1. The fraction of sp³-hybridized carbons (Fsp3) is 0.426. The van der Waals surface area contributed by atoms with Crippen molar-refractivity contribution in [2.24, 2.45) is 5.16 Å². The molecule has 11 nitrogen and oxygen atoms in total. The molecular formula is C47H57N5O6. The van der Waals surface area contributed by atoms with E-state index in [2.05, 4.69) is 27.7 Å². The number of amides is 2. The Balaban J connectivity index is 1.12. The van der Waals surface area contributed by atoms with Gasteiger partial charge in [0.2, 0.25) is 12.0 Å². The number of rotatable bonds is 21. The standard InChI is InChI=1S/C47H57N5O6/c1-3-4-5-6-7-8-9-10-11-12-29-48-46(54)38-26-24-37(25-27-38)45-50-43(35-18-15-33(16-19-35)17-28-42(53)49-32-39-14-13-30-57-39)44(51-45)36-22-20-34(21-23-36)40-31-41(58-52-40)47(55)56-2/h15-28,39,41H,3-14,29-32H2,1-2H3,(H,48,54)(H,49,53)(H,50,51). The number of ether oxygens (including phenoxy) is 2. The quantitative estimate of drug-likeness (QED) is 0.0434. The molecule has 0 bridgehead atoms. The average Bonchev–Trinajstić information content (AvgIpc) is 4.07. The van der Waals surface area contributed by atoms with E-state index < -0.39 is 12.1 Å². The molecule has 2 aliphatic rings. The first-order valence-corrected chi connectivity index (χ1v) is 21.0. The smallest absolute Gasteiger partial charge is 0.350 e. The van der Waals surface area contributed by atoms with Crippen molar-refractivity contribution >= 4 is 29.6 Å². The normalized spacial score (nSPS) is 16.3. The number of H-pyrrole nitrogens is 1. The molecule has 0 aliphatic carbocycles. The Morgan fingerprint density at radius 2 is 1.47 bits per heavy atom. The molecule has 3 aromatic carbocycles. The van der Waals surface area contributed by atoms with Gasteiger partial charge in [-0.15, -0.1) is 0 Å². The molecule has 3 N–H and O–H groups in total. The lowest BCUT2D eigenvalue weighted by molar-refractivity contribution is -0.152. The number of imidazole rings is 1. The van der Waals surface area contributed by atoms with Gasteiger partial charge in [-0.05, 0) is 48.6 Å². The van der Waals surface area contributed by atoms with Crippen molar-refractivity contribution in [1.82, 2.24) is 20.6 Å². The van der Waals surface area contributed by atoms with E-state index in [0.717, 1.165) is 71.5 Å². The lowest BCUT2D eigenvalue weighted by Crippen LogP contribution is -2.30. The van der Waals surface area contributed by atoms with Crippen molar-refractivity contribution in [3.8, 4) is 33.9 Å². The second kappa shape index (κ2) is 21.8. The maximum absolute atomic E-state index is 13.0. The lowest BCUT2D eigenvalue weighted by Gasteiger charge is -2.08. The second-order valence-corrected chi connectivity index (χ2v) is 15.1. The highest BCUT2D eigenvalue weighted by molar-refractivity contribution is 6.04. The van der Waals surface area contributed by atoms with Gasteiger partial charge in [0.1, 0.15) is 5.82 Å². The van der Waals surface area contributed by atoms with Gasteiger partial charge >= 0.3 is 5.97 Å². The third kappa shape index (κ3) is 12.0. The number of oxime groups is 1. The van der Waals surface area contributed by atoms with Crippen molar-refractivity contribution < 1.29 is 28.7 Å². The highest BCUT2D eigenvalue weighted by atomic mass is 16.7. The Hall–Kier alpha value is -5.55. The van der Waals surface area contributed by atoms with Crippen LogP contribution in [0.4, 0.5) is 0 Å². The zero-order chi connectivity index (χ0) is 40.5. The summed E-state index contributed by atoms with van der Waals surface area (Å²) in [6.07, 6.45) is 17.6. The van der Waals surface area contributed by atoms with Crippen molar-refractivity contribution in [1.29, 1.82) is 0 Å². The molecule has 4 aromatic rings. The molecule has 6 rings (SSSR count). The number of methoxy groups -OCH3 is 1. The van der Waals surface area contributed by atoms with Crippen LogP contribution in [0.25, 0.3) is 40.0 Å². The predicted molar refractivity (Wildman–Crippen MR) is 228 cm³/mol. The Kier molecular flexibility index (Phi) is 15.8. The first-order chi connectivity index (χ1) is 28.4. The van der Waals surface area contributed by atoms with Crippen LogP contribution in [-0.4, -0.2) is 72.5 Å². The Labute approximate surface area is 342 Å². The molecule has 58 heavy (non-hydrogen) atoms. The summed E-state index contributed by atoms with van der Waals surface area (Å²) in [5.41, 5.74) is 7.19. The third-order valence-corrected chi connectivity index (χ3v) is 10.7. The summed E-state index contributed by atoms with van der Waals surface area (Å²) < 4.78 is 10.4. The maximum atomic E-state index is 13.0. The minimum atomic E-state index is -0.749. The monoisotopic (exact) mass is 787 g/mol. The highest BCUT2D eigenvalue weighted by Crippen LogP contribution is 2.34. The Morgan fingerprint density at radius 1 is 0.810 bits per heavy atom. The minimum Gasteiger partial charge on any atom is -0.466 e. The molecule has 11 heteroatoms. The van der Waals surface area contributed by atoms with E-state index in [1.807, 2.05) is 72.8 Å². The van der Waals surface area contributed by atoms with Gasteiger partial charge in [0.15, 0.2) is 0 Å². The molecule has 1 fully saturated rings. The van der Waals surface area contributed by atoms with Gasteiger partial charge in [-0.3, -0.25) is 9.59 Å². The minimum absolute atomic E-state index is 0.0759. The molecule has 2 aliphatic heterocycles. The zero-order valence-corrected chi connectivity index (χ0v) is 33.9. The van der Waals surface area contributed by atoms with Gasteiger partial charge in [-0.25, -0.2) is 9.78 Å². The van der Waals surface area contributed by atoms with E-state index in [-0.39, 0.29) is 17.9 Å². The van der Waals surface area contributed by atoms with Crippen LogP contribution in [0.2, 0.25) is 0 Å². The van der Waals surface area contributed by atoms with Crippen molar-refractivity contribution in [2.45, 2.75) is 103 Å². The molecule has 2 atom stereocenters. The summed E-state index contributed by atoms with van der Waals surface area (Å²) in [6, 6.07) is 23.3. The lowest BCUT2D eigenvalue weighted by atomic mass is 10.00. The predicted octanol–water partition coefficient (Wildman–Crippen LogP) is 9.04. The van der Waals surface area contributed by atoms with Crippen LogP contribution >= 0.6 is 0 Å². The van der Waals surface area contributed by atoms with E-state index in [1.165, 1.54) is 58.5 Å². The first-order valence-electron chi connectivity index (χ1n) is 21.0. The largest absolute Gasteiger partial charge is 0.466 e. The summed E-state index contributed by atoms with van der Waals surface area (Å²) in [7, 11) is 1.33. The van der Waals surface area contributed by atoms with Crippen LogP contribution in [0.3, 0.4) is 0 Å². The molecule has 1 aromatic heterocycles. The summed E-state index contributed by atoms with van der Waals surface area (Å²) >= 11 is 0. The van der Waals surface area contributed by atoms with Crippen LogP contribution in [-0.2, 0) is 23.9 Å². The number of benzene rings is 3. The number of aromatic amines is 1. The number of nitrogens with one attached hydrogen (secondary N) is 3. The van der Waals surface area contributed by atoms with Gasteiger partial charge < -0.3 is 29.9 Å². The number of esters is 1. The molecule has 0 spiro atoms. The molecule has 2 unspecified atom stereocenters. The highest BCUT2D eigenvalue weighted by Gasteiger charge is 2.29. The second-order valence-electron chi connectivity index (χ2n) is 15.1. The zero-order valence-electron chi connectivity index (χ0n) is 33.9. The molecule has 0 saturated carbocycles. The van der Waals surface area contributed by atoms with Crippen LogP contribution in [0.5, 0.6) is 0 Å². The van der Waals surface area contributed by atoms with E-state index in [4.69, 9.17) is 19.3 Å². The number of hydrogen-bond acceptors (Lipinski definition) is 8. The average molecular weight is 788 g/mol. The third-order valence-electron chi connectivity index (χ3n) is 10.7. The summed E-state index contributed by atoms with van der Waals surface area (Å²) in [4.78, 5) is 51.3. The molecule has 3 heterocycles. The molecular weight excluding hydrogens is 731 g/mol. The molecule has 0 radical (unpaired) electrons. The van der Waals surface area contributed by atoms with Crippen LogP contribution in [0.1, 0.15) is 112 Å². The van der Waals surface area contributed by atoms with E-state index in [1.54, 1.807) is 12.2 Å². The maximum Gasteiger partial charge on any atom is 0.350 e. The van der Waals surface area contributed by atoms with E-state index in [0.29, 0.717) is 36.6 Å². The van der Waals surface area contributed by atoms with Crippen LogP contribution in [0.15, 0.2) is 84.0 Å². The molecule has 1 saturated heterocycles. The fourth-order valence-electron chi connectivity index (χ4n) is 7.26. The number of aromatic nitrogens is 2. The van der Waals surface area contributed by atoms with Gasteiger partial charge in [-0.2, -0.15) is 0 Å². The van der Waals surface area contributed by atoms with Gasteiger partial charge in [0, 0.05) is 54.4 Å².